The molecule has 1 nitrogen and oxygen atoms in total. The van der Waals surface area contributed by atoms with Crippen LogP contribution in [0.4, 0.5) is 0 Å². The summed E-state index contributed by atoms with van der Waals surface area (Å²) in [6.07, 6.45) is 3.92. The molecule has 0 heterocycles. The molecule has 0 aromatic heterocycles. The van der Waals surface area contributed by atoms with E-state index >= 15 is 0 Å². The van der Waals surface area contributed by atoms with Gasteiger partial charge in [-0.15, -0.1) is 0 Å². The van der Waals surface area contributed by atoms with Crippen molar-refractivity contribution < 1.29 is 4.79 Å². The van der Waals surface area contributed by atoms with E-state index in [9.17, 15) is 4.79 Å². The van der Waals surface area contributed by atoms with Crippen molar-refractivity contribution in [3.05, 3.63) is 103 Å². The van der Waals surface area contributed by atoms with E-state index in [1.165, 1.54) is 15.9 Å². The van der Waals surface area contributed by atoms with Crippen molar-refractivity contribution in [2.24, 2.45) is 0 Å². The molecule has 0 radical (unpaired) electrons. The third-order valence-corrected chi connectivity index (χ3v) is 9.49. The van der Waals surface area contributed by atoms with Crippen molar-refractivity contribution in [2.75, 3.05) is 6.16 Å². The van der Waals surface area contributed by atoms with Crippen LogP contribution in [-0.2, 0) is 4.79 Å². The molecule has 0 saturated carbocycles. The van der Waals surface area contributed by atoms with Gasteiger partial charge in [-0.05, 0) is 0 Å². The van der Waals surface area contributed by atoms with Gasteiger partial charge in [-0.1, -0.05) is 0 Å². The predicted molar refractivity (Wildman–Crippen MR) is 111 cm³/mol. The molecule has 0 fully saturated rings. The van der Waals surface area contributed by atoms with Crippen molar-refractivity contribution in [1.82, 2.24) is 0 Å². The third-order valence-electron chi connectivity index (χ3n) is 4.72. The summed E-state index contributed by atoms with van der Waals surface area (Å²) in [5, 5.41) is 4.09. The maximum atomic E-state index is 11.2. The Balaban J connectivity index is 2.29. The fourth-order valence-corrected chi connectivity index (χ4v) is 8.00. The Morgan fingerprint density at radius 1 is 0.720 bits per heavy atom. The zero-order valence-electron chi connectivity index (χ0n) is 14.4. The summed E-state index contributed by atoms with van der Waals surface area (Å²) in [5.74, 6) is 0. The van der Waals surface area contributed by atoms with Gasteiger partial charge in [-0.25, -0.2) is 0 Å². The first-order chi connectivity index (χ1) is 12.3. The number of allylic oxidation sites excluding steroid dienone is 2. The average molecular weight is 346 g/mol. The number of benzene rings is 3. The van der Waals surface area contributed by atoms with Crippen LogP contribution in [0.2, 0.25) is 0 Å². The molecule has 0 aliphatic heterocycles. The van der Waals surface area contributed by atoms with E-state index in [0.717, 1.165) is 18.0 Å². The predicted octanol–water partition coefficient (Wildman–Crippen LogP) is 3.86. The normalized spacial score (nSPS) is 12.6. The summed E-state index contributed by atoms with van der Waals surface area (Å²) < 4.78 is 0. The quantitative estimate of drug-likeness (QED) is 0.376. The maximum absolute atomic E-state index is 11.2. The second kappa shape index (κ2) is 8.05. The molecule has 0 unspecified atom stereocenters. The van der Waals surface area contributed by atoms with Gasteiger partial charge in [0.05, 0.1) is 0 Å². The van der Waals surface area contributed by atoms with E-state index in [0.29, 0.717) is 0 Å². The van der Waals surface area contributed by atoms with E-state index in [-0.39, 0.29) is 0 Å². The van der Waals surface area contributed by atoms with Gasteiger partial charge in [0, 0.05) is 0 Å². The first-order valence-electron chi connectivity index (χ1n) is 8.56. The Morgan fingerprint density at radius 2 is 1.08 bits per heavy atom. The van der Waals surface area contributed by atoms with Gasteiger partial charge in [0.2, 0.25) is 0 Å². The zero-order valence-corrected chi connectivity index (χ0v) is 15.4. The van der Waals surface area contributed by atoms with Crippen LogP contribution < -0.4 is 15.9 Å². The fourth-order valence-electron chi connectivity index (χ4n) is 3.38. The van der Waals surface area contributed by atoms with Crippen LogP contribution in [0.25, 0.3) is 0 Å². The van der Waals surface area contributed by atoms with Gasteiger partial charge in [0.15, 0.2) is 0 Å². The average Bonchev–Trinajstić information content (AvgIpc) is 2.71. The third kappa shape index (κ3) is 3.62. The van der Waals surface area contributed by atoms with Gasteiger partial charge >= 0.3 is 150 Å². The standard InChI is InChI=1S/C23H23OP/c1-20(19-24)17-18-25(21-11-5-2-6-12-21,22-13-7-3-8-14-22)23-15-9-4-10-16-23/h2-17,19,25H,18H2,1H3. The van der Waals surface area contributed by atoms with Crippen LogP contribution in [0.3, 0.4) is 0 Å². The molecule has 25 heavy (non-hydrogen) atoms. The molecule has 0 amide bonds. The summed E-state index contributed by atoms with van der Waals surface area (Å²) in [7, 11) is -2.24. The van der Waals surface area contributed by atoms with Gasteiger partial charge in [-0.3, -0.25) is 0 Å². The molecular weight excluding hydrogens is 323 g/mol. The number of rotatable bonds is 6. The molecule has 3 aromatic carbocycles. The number of hydrogen-bond acceptors (Lipinski definition) is 1. The van der Waals surface area contributed by atoms with Crippen LogP contribution in [0.15, 0.2) is 103 Å². The topological polar surface area (TPSA) is 17.1 Å². The molecule has 126 valence electrons. The van der Waals surface area contributed by atoms with E-state index in [1.54, 1.807) is 0 Å². The molecule has 3 aromatic rings. The van der Waals surface area contributed by atoms with E-state index < -0.39 is 7.26 Å². The molecule has 0 N–H and O–H groups in total. The monoisotopic (exact) mass is 346 g/mol. The number of aldehydes is 1. The molecule has 0 aliphatic carbocycles. The Kier molecular flexibility index (Phi) is 5.58. The minimum atomic E-state index is -2.24. The zero-order chi connectivity index (χ0) is 17.5. The van der Waals surface area contributed by atoms with Crippen LogP contribution in [0.5, 0.6) is 0 Å². The molecule has 0 bridgehead atoms. The van der Waals surface area contributed by atoms with Crippen LogP contribution in [0.1, 0.15) is 6.92 Å². The SMILES string of the molecule is CC(C=O)=CC[PH](c1ccccc1)(c1ccccc1)c1ccccc1. The Hall–Kier alpha value is -2.50. The van der Waals surface area contributed by atoms with Gasteiger partial charge in [0.1, 0.15) is 0 Å². The molecule has 0 atom stereocenters. The first kappa shape index (κ1) is 17.3. The van der Waals surface area contributed by atoms with E-state index in [2.05, 4.69) is 97.1 Å². The van der Waals surface area contributed by atoms with Crippen LogP contribution in [0, 0.1) is 0 Å². The fraction of sp³-hybridized carbons (Fsp3) is 0.0870. The number of carbonyl (C=O) groups excluding carboxylic acids is 1. The van der Waals surface area contributed by atoms with Crippen molar-refractivity contribution in [3.8, 4) is 0 Å². The second-order valence-electron chi connectivity index (χ2n) is 6.27. The molecule has 0 spiro atoms. The first-order valence-corrected chi connectivity index (χ1v) is 10.8. The van der Waals surface area contributed by atoms with E-state index in [1.807, 2.05) is 6.92 Å². The molecule has 2 heteroatoms. The summed E-state index contributed by atoms with van der Waals surface area (Å²) in [6, 6.07) is 32.2. The Bertz CT molecular complexity index is 742. The van der Waals surface area contributed by atoms with Gasteiger partial charge in [0.25, 0.3) is 0 Å². The second-order valence-corrected chi connectivity index (χ2v) is 10.2. The summed E-state index contributed by atoms with van der Waals surface area (Å²) in [5.41, 5.74) is 0.791. The minimum absolute atomic E-state index is 0.791. The van der Waals surface area contributed by atoms with Crippen molar-refractivity contribution >= 4 is 29.5 Å². The Morgan fingerprint density at radius 3 is 1.40 bits per heavy atom. The van der Waals surface area contributed by atoms with Crippen LogP contribution in [-0.4, -0.2) is 12.4 Å². The van der Waals surface area contributed by atoms with Crippen molar-refractivity contribution in [1.29, 1.82) is 0 Å². The summed E-state index contributed by atoms with van der Waals surface area (Å²) in [4.78, 5) is 11.2. The molecule has 0 aliphatic rings. The number of hydrogen-bond donors (Lipinski definition) is 0. The van der Waals surface area contributed by atoms with Crippen LogP contribution >= 0.6 is 7.26 Å². The molecule has 3 rings (SSSR count). The van der Waals surface area contributed by atoms with Gasteiger partial charge < -0.3 is 0 Å². The Labute approximate surface area is 150 Å². The summed E-state index contributed by atoms with van der Waals surface area (Å²) in [6.45, 7) is 1.88. The molecular formula is C23H23OP. The van der Waals surface area contributed by atoms with Gasteiger partial charge in [-0.2, -0.15) is 0 Å². The molecule has 0 saturated heterocycles. The summed E-state index contributed by atoms with van der Waals surface area (Å²) >= 11 is 0. The number of carbonyl (C=O) groups is 1. The van der Waals surface area contributed by atoms with Crippen molar-refractivity contribution in [2.45, 2.75) is 6.92 Å². The van der Waals surface area contributed by atoms with E-state index in [4.69, 9.17) is 0 Å². The van der Waals surface area contributed by atoms with Crippen molar-refractivity contribution in [3.63, 3.8) is 0 Å².